The molecule has 0 bridgehead atoms. The molecule has 3 nitrogen and oxygen atoms in total. The van der Waals surface area contributed by atoms with Gasteiger partial charge in [0.25, 0.3) is 5.91 Å². The Morgan fingerprint density at radius 2 is 2.22 bits per heavy atom. The summed E-state index contributed by atoms with van der Waals surface area (Å²) in [6.07, 6.45) is 2.11. The largest absolute Gasteiger partial charge is 0.384 e. The zero-order valence-corrected chi connectivity index (χ0v) is 10.7. The normalized spacial score (nSPS) is 15.5. The molecule has 1 aromatic carbocycles. The number of carbonyl (C=O) groups excluding carboxylic acids is 1. The number of hydrogen-bond donors (Lipinski definition) is 2. The second-order valence-electron chi connectivity index (χ2n) is 5.00. The summed E-state index contributed by atoms with van der Waals surface area (Å²) in [7, 11) is 0. The summed E-state index contributed by atoms with van der Waals surface area (Å²) in [6, 6.07) is 5.43. The number of aliphatic hydroxyl groups is 1. The van der Waals surface area contributed by atoms with Gasteiger partial charge in [-0.05, 0) is 50.5 Å². The Balaban J connectivity index is 2.15. The van der Waals surface area contributed by atoms with Gasteiger partial charge >= 0.3 is 0 Å². The van der Waals surface area contributed by atoms with Crippen LogP contribution in [0, 0.1) is 18.8 Å². The number of nitrogens with one attached hydrogen (secondary N) is 1. The molecule has 1 amide bonds. The van der Waals surface area contributed by atoms with Crippen LogP contribution < -0.4 is 5.32 Å². The summed E-state index contributed by atoms with van der Waals surface area (Å²) < 4.78 is 0. The van der Waals surface area contributed by atoms with Gasteiger partial charge in [-0.25, -0.2) is 0 Å². The van der Waals surface area contributed by atoms with E-state index in [-0.39, 0.29) is 18.1 Å². The van der Waals surface area contributed by atoms with Crippen molar-refractivity contribution in [2.24, 2.45) is 0 Å². The molecule has 1 aliphatic carbocycles. The Bertz CT molecular complexity index is 533. The van der Waals surface area contributed by atoms with Crippen LogP contribution in [-0.2, 0) is 0 Å². The van der Waals surface area contributed by atoms with E-state index in [1.165, 1.54) is 0 Å². The summed E-state index contributed by atoms with van der Waals surface area (Å²) in [6.45, 7) is 3.82. The van der Waals surface area contributed by atoms with E-state index in [9.17, 15) is 4.79 Å². The number of aryl methyl sites for hydroxylation is 1. The molecule has 0 aromatic heterocycles. The maximum atomic E-state index is 12.0. The standard InChI is InChI=1S/C15H17NO2/c1-11-10-13(6-5-12(11)4-3-9-17)14(18)16-15(2)7-8-15/h5-6,10,17H,7-9H2,1-2H3,(H,16,18). The van der Waals surface area contributed by atoms with Gasteiger partial charge < -0.3 is 10.4 Å². The van der Waals surface area contributed by atoms with Crippen molar-refractivity contribution in [3.8, 4) is 11.8 Å². The fourth-order valence-electron chi connectivity index (χ4n) is 1.74. The van der Waals surface area contributed by atoms with Crippen molar-refractivity contribution < 1.29 is 9.90 Å². The minimum atomic E-state index is -0.153. The van der Waals surface area contributed by atoms with Crippen LogP contribution in [0.1, 0.15) is 41.3 Å². The average Bonchev–Trinajstić information content (AvgIpc) is 3.05. The molecule has 1 fully saturated rings. The van der Waals surface area contributed by atoms with Gasteiger partial charge in [0.05, 0.1) is 0 Å². The fourth-order valence-corrected chi connectivity index (χ4v) is 1.74. The molecule has 0 atom stereocenters. The smallest absolute Gasteiger partial charge is 0.251 e. The first-order valence-corrected chi connectivity index (χ1v) is 6.07. The number of hydrogen-bond acceptors (Lipinski definition) is 2. The molecule has 2 rings (SSSR count). The van der Waals surface area contributed by atoms with E-state index >= 15 is 0 Å². The molecule has 0 unspecified atom stereocenters. The van der Waals surface area contributed by atoms with E-state index in [1.54, 1.807) is 6.07 Å². The van der Waals surface area contributed by atoms with Gasteiger partial charge in [0.15, 0.2) is 0 Å². The van der Waals surface area contributed by atoms with E-state index < -0.39 is 0 Å². The molecule has 0 aliphatic heterocycles. The lowest BCUT2D eigenvalue weighted by molar-refractivity contribution is 0.0935. The maximum Gasteiger partial charge on any atom is 0.251 e. The highest BCUT2D eigenvalue weighted by Gasteiger charge is 2.38. The van der Waals surface area contributed by atoms with Gasteiger partial charge in [-0.15, -0.1) is 0 Å². The van der Waals surface area contributed by atoms with Gasteiger partial charge in [-0.1, -0.05) is 11.8 Å². The van der Waals surface area contributed by atoms with E-state index in [2.05, 4.69) is 24.1 Å². The van der Waals surface area contributed by atoms with Crippen molar-refractivity contribution in [1.82, 2.24) is 5.32 Å². The van der Waals surface area contributed by atoms with Crippen LogP contribution in [0.15, 0.2) is 18.2 Å². The third kappa shape index (κ3) is 2.91. The number of amides is 1. The summed E-state index contributed by atoms with van der Waals surface area (Å²) >= 11 is 0. The molecule has 3 heteroatoms. The average molecular weight is 243 g/mol. The molecular weight excluding hydrogens is 226 g/mol. The zero-order valence-electron chi connectivity index (χ0n) is 10.7. The predicted molar refractivity (Wildman–Crippen MR) is 70.2 cm³/mol. The first-order chi connectivity index (χ1) is 8.54. The molecule has 0 saturated heterocycles. The number of rotatable bonds is 2. The summed E-state index contributed by atoms with van der Waals surface area (Å²) in [4.78, 5) is 12.0. The predicted octanol–water partition coefficient (Wildman–Crippen LogP) is 1.62. The number of carbonyl (C=O) groups is 1. The quantitative estimate of drug-likeness (QED) is 0.775. The minimum Gasteiger partial charge on any atom is -0.384 e. The highest BCUT2D eigenvalue weighted by molar-refractivity contribution is 5.95. The van der Waals surface area contributed by atoms with Gasteiger partial charge in [0.2, 0.25) is 0 Å². The second kappa shape index (κ2) is 4.83. The van der Waals surface area contributed by atoms with E-state index in [0.717, 1.165) is 24.0 Å². The Kier molecular flexibility index (Phi) is 3.40. The fraction of sp³-hybridized carbons (Fsp3) is 0.400. The van der Waals surface area contributed by atoms with Crippen LogP contribution in [0.4, 0.5) is 0 Å². The summed E-state index contributed by atoms with van der Waals surface area (Å²) in [5.74, 6) is 5.44. The maximum absolute atomic E-state index is 12.0. The molecule has 2 N–H and O–H groups in total. The Morgan fingerprint density at radius 1 is 1.50 bits per heavy atom. The molecule has 1 aromatic rings. The van der Waals surface area contributed by atoms with Gasteiger partial charge in [0.1, 0.15) is 6.61 Å². The van der Waals surface area contributed by atoms with E-state index in [1.807, 2.05) is 19.1 Å². The first kappa shape index (κ1) is 12.7. The molecule has 1 aliphatic rings. The van der Waals surface area contributed by atoms with Crippen LogP contribution in [0.2, 0.25) is 0 Å². The second-order valence-corrected chi connectivity index (χ2v) is 5.00. The third-order valence-corrected chi connectivity index (χ3v) is 3.21. The first-order valence-electron chi connectivity index (χ1n) is 6.07. The van der Waals surface area contributed by atoms with Crippen molar-refractivity contribution in [3.63, 3.8) is 0 Å². The highest BCUT2D eigenvalue weighted by Crippen LogP contribution is 2.34. The summed E-state index contributed by atoms with van der Waals surface area (Å²) in [5, 5.41) is 11.7. The van der Waals surface area contributed by atoms with Gasteiger partial charge in [0, 0.05) is 16.7 Å². The lowest BCUT2D eigenvalue weighted by atomic mass is 10.0. The van der Waals surface area contributed by atoms with Gasteiger partial charge in [-0.2, -0.15) is 0 Å². The number of benzene rings is 1. The topological polar surface area (TPSA) is 49.3 Å². The van der Waals surface area contributed by atoms with Gasteiger partial charge in [-0.3, -0.25) is 4.79 Å². The van der Waals surface area contributed by atoms with E-state index in [0.29, 0.717) is 5.56 Å². The number of aliphatic hydroxyl groups excluding tert-OH is 1. The molecule has 0 heterocycles. The lowest BCUT2D eigenvalue weighted by Gasteiger charge is -2.12. The molecule has 0 radical (unpaired) electrons. The minimum absolute atomic E-state index is 0.000351. The van der Waals surface area contributed by atoms with Crippen molar-refractivity contribution >= 4 is 5.91 Å². The van der Waals surface area contributed by atoms with E-state index in [4.69, 9.17) is 5.11 Å². The van der Waals surface area contributed by atoms with Crippen molar-refractivity contribution in [2.45, 2.75) is 32.2 Å². The molecule has 94 valence electrons. The van der Waals surface area contributed by atoms with Crippen molar-refractivity contribution in [1.29, 1.82) is 0 Å². The van der Waals surface area contributed by atoms with Crippen LogP contribution in [0.5, 0.6) is 0 Å². The highest BCUT2D eigenvalue weighted by atomic mass is 16.2. The Morgan fingerprint density at radius 3 is 2.78 bits per heavy atom. The van der Waals surface area contributed by atoms with Crippen LogP contribution in [-0.4, -0.2) is 23.2 Å². The molecule has 18 heavy (non-hydrogen) atoms. The molecular formula is C15H17NO2. The lowest BCUT2D eigenvalue weighted by Crippen LogP contribution is -2.34. The van der Waals surface area contributed by atoms with Crippen LogP contribution in [0.3, 0.4) is 0 Å². The Hall–Kier alpha value is -1.79. The van der Waals surface area contributed by atoms with Crippen molar-refractivity contribution in [3.05, 3.63) is 34.9 Å². The Labute approximate surface area is 107 Å². The van der Waals surface area contributed by atoms with Crippen LogP contribution in [0.25, 0.3) is 0 Å². The molecule has 0 spiro atoms. The van der Waals surface area contributed by atoms with Crippen molar-refractivity contribution in [2.75, 3.05) is 6.61 Å². The third-order valence-electron chi connectivity index (χ3n) is 3.21. The monoisotopic (exact) mass is 243 g/mol. The SMILES string of the molecule is Cc1cc(C(=O)NC2(C)CC2)ccc1C#CCO. The molecule has 1 saturated carbocycles. The van der Waals surface area contributed by atoms with Crippen LogP contribution >= 0.6 is 0 Å². The summed E-state index contributed by atoms with van der Waals surface area (Å²) in [5.41, 5.74) is 2.46. The zero-order chi connectivity index (χ0) is 13.2.